The third-order valence-corrected chi connectivity index (χ3v) is 2.36. The van der Waals surface area contributed by atoms with Crippen LogP contribution >= 0.6 is 0 Å². The molecule has 1 aromatic carbocycles. The van der Waals surface area contributed by atoms with Crippen molar-refractivity contribution < 1.29 is 0 Å². The average Bonchev–Trinajstić information content (AvgIpc) is 2.53. The fourth-order valence-corrected chi connectivity index (χ4v) is 1.33. The minimum atomic E-state index is 1.11. The van der Waals surface area contributed by atoms with Gasteiger partial charge < -0.3 is 0 Å². The molecule has 0 aromatic heterocycles. The van der Waals surface area contributed by atoms with E-state index in [9.17, 15) is 0 Å². The van der Waals surface area contributed by atoms with Crippen molar-refractivity contribution in [1.29, 1.82) is 0 Å². The average molecular weight is 274 g/mol. The van der Waals surface area contributed by atoms with Crippen molar-refractivity contribution in [2.75, 3.05) is 0 Å². The van der Waals surface area contributed by atoms with E-state index in [-0.39, 0.29) is 0 Å². The summed E-state index contributed by atoms with van der Waals surface area (Å²) in [6.07, 6.45) is 5.61. The van der Waals surface area contributed by atoms with Gasteiger partial charge in [0.1, 0.15) is 0 Å². The maximum Gasteiger partial charge on any atom is -0.0181 e. The van der Waals surface area contributed by atoms with Gasteiger partial charge in [0.05, 0.1) is 0 Å². The number of allylic oxidation sites excluding steroid dienone is 4. The van der Waals surface area contributed by atoms with Crippen LogP contribution in [0.2, 0.25) is 0 Å². The number of hydrogen-bond acceptors (Lipinski definition) is 0. The van der Waals surface area contributed by atoms with Crippen LogP contribution in [-0.4, -0.2) is 0 Å². The van der Waals surface area contributed by atoms with E-state index in [0.29, 0.717) is 0 Å². The molecule has 0 heteroatoms. The second-order valence-corrected chi connectivity index (χ2v) is 3.36. The normalized spacial score (nSPS) is 8.70. The SMILES string of the molecule is C=C/C=C(\C=C)c1ccc(C)c(C)c1.CC.CC.CC. The number of benzene rings is 1. The van der Waals surface area contributed by atoms with Crippen LogP contribution in [0.5, 0.6) is 0 Å². The molecule has 0 atom stereocenters. The van der Waals surface area contributed by atoms with Gasteiger partial charge in [-0.1, -0.05) is 91.1 Å². The Morgan fingerprint density at radius 3 is 1.70 bits per heavy atom. The second kappa shape index (κ2) is 17.4. The Morgan fingerprint density at radius 1 is 0.850 bits per heavy atom. The molecule has 114 valence electrons. The van der Waals surface area contributed by atoms with Gasteiger partial charge in [-0.3, -0.25) is 0 Å². The summed E-state index contributed by atoms with van der Waals surface area (Å²) in [5, 5.41) is 0. The first-order chi connectivity index (χ1) is 9.69. The largest absolute Gasteiger partial charge is 0.0990 e. The lowest BCUT2D eigenvalue weighted by Crippen LogP contribution is -1.85. The molecule has 0 saturated heterocycles. The quantitative estimate of drug-likeness (QED) is 0.514. The molecular formula is C20H34. The monoisotopic (exact) mass is 274 g/mol. The lowest BCUT2D eigenvalue weighted by atomic mass is 10.0. The number of hydrogen-bond donors (Lipinski definition) is 0. The molecule has 0 saturated carbocycles. The predicted molar refractivity (Wildman–Crippen MR) is 98.3 cm³/mol. The minimum absolute atomic E-state index is 1.11. The Balaban J connectivity index is -0.000000425. The second-order valence-electron chi connectivity index (χ2n) is 3.36. The van der Waals surface area contributed by atoms with Crippen molar-refractivity contribution in [2.45, 2.75) is 55.4 Å². The number of rotatable bonds is 3. The van der Waals surface area contributed by atoms with Crippen molar-refractivity contribution in [3.63, 3.8) is 0 Å². The number of aryl methyl sites for hydroxylation is 2. The van der Waals surface area contributed by atoms with E-state index in [1.165, 1.54) is 16.7 Å². The van der Waals surface area contributed by atoms with Crippen molar-refractivity contribution >= 4 is 5.57 Å². The third kappa shape index (κ3) is 9.38. The molecule has 0 spiro atoms. The van der Waals surface area contributed by atoms with Crippen molar-refractivity contribution in [1.82, 2.24) is 0 Å². The zero-order valence-electron chi connectivity index (χ0n) is 14.9. The summed E-state index contributed by atoms with van der Waals surface area (Å²) in [5.41, 5.74) is 4.93. The Bertz CT molecular complexity index is 381. The Hall–Kier alpha value is -1.56. The van der Waals surface area contributed by atoms with Gasteiger partial charge in [-0.25, -0.2) is 0 Å². The van der Waals surface area contributed by atoms with Crippen LogP contribution in [-0.2, 0) is 0 Å². The molecule has 0 aliphatic carbocycles. The Kier molecular flexibility index (Phi) is 20.5. The highest BCUT2D eigenvalue weighted by Gasteiger charge is 1.98. The smallest absolute Gasteiger partial charge is 0.0181 e. The summed E-state index contributed by atoms with van der Waals surface area (Å²) in [4.78, 5) is 0. The molecule has 0 aliphatic rings. The maximum absolute atomic E-state index is 3.79. The van der Waals surface area contributed by atoms with Crippen LogP contribution in [0.15, 0.2) is 49.6 Å². The molecule has 0 nitrogen and oxygen atoms in total. The molecule has 1 rings (SSSR count). The molecule has 0 heterocycles. The third-order valence-electron chi connectivity index (χ3n) is 2.36. The summed E-state index contributed by atoms with van der Waals surface area (Å²) in [7, 11) is 0. The fourth-order valence-electron chi connectivity index (χ4n) is 1.33. The molecule has 0 amide bonds. The van der Waals surface area contributed by atoms with Crippen LogP contribution in [0.25, 0.3) is 5.57 Å². The summed E-state index contributed by atoms with van der Waals surface area (Å²) < 4.78 is 0. The zero-order chi connectivity index (χ0) is 16.6. The molecule has 0 aliphatic heterocycles. The van der Waals surface area contributed by atoms with E-state index in [4.69, 9.17) is 0 Å². The van der Waals surface area contributed by atoms with Crippen molar-refractivity contribution in [3.8, 4) is 0 Å². The molecule has 0 fully saturated rings. The predicted octanol–water partition coefficient (Wildman–Crippen LogP) is 7.14. The Labute approximate surface area is 127 Å². The summed E-state index contributed by atoms with van der Waals surface area (Å²) in [5.74, 6) is 0. The highest BCUT2D eigenvalue weighted by molar-refractivity contribution is 5.75. The van der Waals surface area contributed by atoms with Crippen LogP contribution in [0.4, 0.5) is 0 Å². The van der Waals surface area contributed by atoms with Gasteiger partial charge in [0.25, 0.3) is 0 Å². The Morgan fingerprint density at radius 2 is 1.35 bits per heavy atom. The highest BCUT2D eigenvalue weighted by atomic mass is 14.0. The first-order valence-corrected chi connectivity index (χ1v) is 7.72. The van der Waals surface area contributed by atoms with Crippen LogP contribution < -0.4 is 0 Å². The van der Waals surface area contributed by atoms with Gasteiger partial charge in [0, 0.05) is 0 Å². The van der Waals surface area contributed by atoms with E-state index < -0.39 is 0 Å². The molecule has 0 radical (unpaired) electrons. The van der Waals surface area contributed by atoms with Crippen LogP contribution in [0.1, 0.15) is 58.2 Å². The van der Waals surface area contributed by atoms with Crippen LogP contribution in [0.3, 0.4) is 0 Å². The molecule has 0 bridgehead atoms. The molecule has 0 unspecified atom stereocenters. The van der Waals surface area contributed by atoms with Gasteiger partial charge in [-0.05, 0) is 36.1 Å². The van der Waals surface area contributed by atoms with Crippen LogP contribution in [0, 0.1) is 13.8 Å². The van der Waals surface area contributed by atoms with Gasteiger partial charge in [-0.15, -0.1) is 0 Å². The zero-order valence-corrected chi connectivity index (χ0v) is 14.9. The van der Waals surface area contributed by atoms with E-state index in [0.717, 1.165) is 5.57 Å². The topological polar surface area (TPSA) is 0 Å². The van der Waals surface area contributed by atoms with Crippen molar-refractivity contribution in [3.05, 3.63) is 66.3 Å². The van der Waals surface area contributed by atoms with E-state index in [2.05, 4.69) is 45.2 Å². The first-order valence-electron chi connectivity index (χ1n) is 7.72. The molecule has 1 aromatic rings. The van der Waals surface area contributed by atoms with Gasteiger partial charge >= 0.3 is 0 Å². The van der Waals surface area contributed by atoms with E-state index in [1.54, 1.807) is 6.08 Å². The van der Waals surface area contributed by atoms with Gasteiger partial charge in [-0.2, -0.15) is 0 Å². The molecular weight excluding hydrogens is 240 g/mol. The van der Waals surface area contributed by atoms with Crippen molar-refractivity contribution in [2.24, 2.45) is 0 Å². The molecule has 0 N–H and O–H groups in total. The van der Waals surface area contributed by atoms with E-state index >= 15 is 0 Å². The van der Waals surface area contributed by atoms with Gasteiger partial charge in [0.2, 0.25) is 0 Å². The summed E-state index contributed by atoms with van der Waals surface area (Å²) in [6, 6.07) is 6.41. The lowest BCUT2D eigenvalue weighted by Gasteiger charge is -2.05. The highest BCUT2D eigenvalue weighted by Crippen LogP contribution is 2.18. The lowest BCUT2D eigenvalue weighted by molar-refractivity contribution is 1.33. The first kappa shape index (κ1) is 23.5. The summed E-state index contributed by atoms with van der Waals surface area (Å²) in [6.45, 7) is 23.7. The fraction of sp³-hybridized carbons (Fsp3) is 0.400. The summed E-state index contributed by atoms with van der Waals surface area (Å²) >= 11 is 0. The van der Waals surface area contributed by atoms with E-state index in [1.807, 2.05) is 53.7 Å². The standard InChI is InChI=1S/C14H16.3C2H6/c1-5-7-13(6-2)14-9-8-11(3)12(4)10-14;3*1-2/h5-10H,1-2H2,3-4H3;3*1-2H3/b13-7+;;;. The maximum atomic E-state index is 3.79. The van der Waals surface area contributed by atoms with Gasteiger partial charge in [0.15, 0.2) is 0 Å². The molecule has 20 heavy (non-hydrogen) atoms. The minimum Gasteiger partial charge on any atom is -0.0990 e.